The molecule has 104 valence electrons. The molecule has 1 N–H and O–H groups in total. The maximum Gasteiger partial charge on any atom is 0.318 e. The zero-order chi connectivity index (χ0) is 13.6. The highest BCUT2D eigenvalue weighted by Gasteiger charge is 2.15. The summed E-state index contributed by atoms with van der Waals surface area (Å²) < 4.78 is 5.69. The normalized spacial score (nSPS) is 11.8. The van der Waals surface area contributed by atoms with Gasteiger partial charge < -0.3 is 14.6 Å². The summed E-state index contributed by atoms with van der Waals surface area (Å²) >= 11 is 0. The van der Waals surface area contributed by atoms with E-state index in [2.05, 4.69) is 55.0 Å². The van der Waals surface area contributed by atoms with Crippen LogP contribution in [0.15, 0.2) is 4.42 Å². The predicted octanol–water partition coefficient (Wildman–Crippen LogP) is 2.58. The van der Waals surface area contributed by atoms with E-state index in [1.807, 2.05) is 0 Å². The summed E-state index contributed by atoms with van der Waals surface area (Å²) in [4.78, 5) is 2.15. The largest absolute Gasteiger partial charge is 0.407 e. The van der Waals surface area contributed by atoms with Gasteiger partial charge in [0, 0.05) is 18.6 Å². The Morgan fingerprint density at radius 3 is 2.22 bits per heavy atom. The third-order valence-corrected chi connectivity index (χ3v) is 2.48. The molecular weight excluding hydrogens is 228 g/mol. The van der Waals surface area contributed by atoms with Crippen molar-refractivity contribution in [2.24, 2.45) is 0 Å². The van der Waals surface area contributed by atoms with E-state index >= 15 is 0 Å². The van der Waals surface area contributed by atoms with Crippen LogP contribution in [0, 0.1) is 0 Å². The van der Waals surface area contributed by atoms with Gasteiger partial charge in [0.15, 0.2) is 0 Å². The Hall–Kier alpha value is -1.10. The standard InChI is InChI=1S/C13H26N4O/c1-6-8-17(9-7-2)12-16-15-11(18-12)10-14-13(3,4)5/h14H,6-10H2,1-5H3. The van der Waals surface area contributed by atoms with Crippen molar-refractivity contribution in [1.82, 2.24) is 15.5 Å². The zero-order valence-electron chi connectivity index (χ0n) is 12.3. The van der Waals surface area contributed by atoms with E-state index in [0.717, 1.165) is 25.9 Å². The highest BCUT2D eigenvalue weighted by atomic mass is 16.4. The highest BCUT2D eigenvalue weighted by Crippen LogP contribution is 2.13. The van der Waals surface area contributed by atoms with Crippen LogP contribution in [0.2, 0.25) is 0 Å². The number of hydrogen-bond donors (Lipinski definition) is 1. The Morgan fingerprint density at radius 1 is 1.11 bits per heavy atom. The van der Waals surface area contributed by atoms with Gasteiger partial charge in [-0.3, -0.25) is 0 Å². The molecule has 1 heterocycles. The average molecular weight is 254 g/mol. The van der Waals surface area contributed by atoms with E-state index < -0.39 is 0 Å². The second-order valence-corrected chi connectivity index (χ2v) is 5.57. The van der Waals surface area contributed by atoms with Gasteiger partial charge in [-0.25, -0.2) is 0 Å². The van der Waals surface area contributed by atoms with E-state index in [0.29, 0.717) is 18.5 Å². The van der Waals surface area contributed by atoms with Gasteiger partial charge in [-0.2, -0.15) is 0 Å². The molecule has 0 amide bonds. The Morgan fingerprint density at radius 2 is 1.72 bits per heavy atom. The summed E-state index contributed by atoms with van der Waals surface area (Å²) in [7, 11) is 0. The second-order valence-electron chi connectivity index (χ2n) is 5.57. The fraction of sp³-hybridized carbons (Fsp3) is 0.846. The van der Waals surface area contributed by atoms with E-state index in [1.165, 1.54) is 0 Å². The Balaban J connectivity index is 2.60. The molecule has 0 bridgehead atoms. The van der Waals surface area contributed by atoms with Gasteiger partial charge in [0.1, 0.15) is 0 Å². The maximum absolute atomic E-state index is 5.69. The molecule has 0 aliphatic heterocycles. The first kappa shape index (κ1) is 15.0. The fourth-order valence-corrected chi connectivity index (χ4v) is 1.63. The summed E-state index contributed by atoms with van der Waals surface area (Å²) in [6, 6.07) is 0.643. The van der Waals surface area contributed by atoms with Crippen molar-refractivity contribution >= 4 is 6.01 Å². The van der Waals surface area contributed by atoms with Gasteiger partial charge in [0.25, 0.3) is 0 Å². The highest BCUT2D eigenvalue weighted by molar-refractivity contribution is 5.23. The van der Waals surface area contributed by atoms with Crippen LogP contribution in [0.25, 0.3) is 0 Å². The molecule has 0 radical (unpaired) electrons. The zero-order valence-corrected chi connectivity index (χ0v) is 12.3. The summed E-state index contributed by atoms with van der Waals surface area (Å²) in [5, 5.41) is 11.5. The lowest BCUT2D eigenvalue weighted by Crippen LogP contribution is -2.35. The second kappa shape index (κ2) is 6.73. The van der Waals surface area contributed by atoms with Crippen molar-refractivity contribution in [3.63, 3.8) is 0 Å². The molecule has 0 spiro atoms. The SMILES string of the molecule is CCCN(CCC)c1nnc(CNC(C)(C)C)o1. The van der Waals surface area contributed by atoms with Crippen LogP contribution in [0.5, 0.6) is 0 Å². The van der Waals surface area contributed by atoms with Gasteiger partial charge in [-0.15, -0.1) is 5.10 Å². The summed E-state index contributed by atoms with van der Waals surface area (Å²) in [5.74, 6) is 0.650. The molecule has 0 saturated heterocycles. The van der Waals surface area contributed by atoms with Gasteiger partial charge in [-0.1, -0.05) is 18.9 Å². The minimum Gasteiger partial charge on any atom is -0.407 e. The first-order chi connectivity index (χ1) is 8.46. The number of nitrogens with one attached hydrogen (secondary N) is 1. The molecule has 0 fully saturated rings. The van der Waals surface area contributed by atoms with Gasteiger partial charge in [-0.05, 0) is 33.6 Å². The monoisotopic (exact) mass is 254 g/mol. The lowest BCUT2D eigenvalue weighted by Gasteiger charge is -2.19. The summed E-state index contributed by atoms with van der Waals surface area (Å²) in [6.07, 6.45) is 2.16. The molecule has 5 heteroatoms. The topological polar surface area (TPSA) is 54.2 Å². The number of anilines is 1. The fourth-order valence-electron chi connectivity index (χ4n) is 1.63. The van der Waals surface area contributed by atoms with Crippen LogP contribution < -0.4 is 10.2 Å². The molecule has 1 aromatic rings. The van der Waals surface area contributed by atoms with E-state index in [4.69, 9.17) is 4.42 Å². The van der Waals surface area contributed by atoms with Crippen molar-refractivity contribution in [2.75, 3.05) is 18.0 Å². The number of hydrogen-bond acceptors (Lipinski definition) is 5. The van der Waals surface area contributed by atoms with Gasteiger partial charge in [0.05, 0.1) is 6.54 Å². The minimum absolute atomic E-state index is 0.0567. The van der Waals surface area contributed by atoms with Gasteiger partial charge >= 0.3 is 6.01 Å². The molecule has 0 aromatic carbocycles. The molecule has 0 unspecified atom stereocenters. The van der Waals surface area contributed by atoms with Crippen molar-refractivity contribution in [1.29, 1.82) is 0 Å². The predicted molar refractivity (Wildman–Crippen MR) is 73.7 cm³/mol. The lowest BCUT2D eigenvalue weighted by molar-refractivity contribution is 0.380. The average Bonchev–Trinajstić information content (AvgIpc) is 2.74. The van der Waals surface area contributed by atoms with Gasteiger partial charge in [0.2, 0.25) is 5.89 Å². The first-order valence-electron chi connectivity index (χ1n) is 6.78. The smallest absolute Gasteiger partial charge is 0.318 e. The van der Waals surface area contributed by atoms with Crippen LogP contribution in [0.1, 0.15) is 53.4 Å². The molecule has 1 rings (SSSR count). The van der Waals surface area contributed by atoms with Crippen LogP contribution >= 0.6 is 0 Å². The van der Waals surface area contributed by atoms with Crippen molar-refractivity contribution < 1.29 is 4.42 Å². The van der Waals surface area contributed by atoms with Crippen molar-refractivity contribution in [2.45, 2.75) is 59.5 Å². The molecule has 0 aliphatic carbocycles. The quantitative estimate of drug-likeness (QED) is 0.810. The Labute approximate surface area is 110 Å². The summed E-state index contributed by atoms with van der Waals surface area (Å²) in [5.41, 5.74) is 0.0567. The Bertz CT molecular complexity index is 337. The van der Waals surface area contributed by atoms with Crippen LogP contribution in [0.3, 0.4) is 0 Å². The molecule has 5 nitrogen and oxygen atoms in total. The van der Waals surface area contributed by atoms with Crippen molar-refractivity contribution in [3.8, 4) is 0 Å². The number of rotatable bonds is 7. The Kier molecular flexibility index (Phi) is 5.59. The lowest BCUT2D eigenvalue weighted by atomic mass is 10.1. The van der Waals surface area contributed by atoms with Crippen LogP contribution in [-0.4, -0.2) is 28.8 Å². The number of aromatic nitrogens is 2. The maximum atomic E-state index is 5.69. The third kappa shape index (κ3) is 5.04. The summed E-state index contributed by atoms with van der Waals surface area (Å²) in [6.45, 7) is 13.2. The molecule has 0 saturated carbocycles. The first-order valence-corrected chi connectivity index (χ1v) is 6.78. The molecule has 18 heavy (non-hydrogen) atoms. The number of nitrogens with zero attached hydrogens (tertiary/aromatic N) is 3. The van der Waals surface area contributed by atoms with Crippen molar-refractivity contribution in [3.05, 3.63) is 5.89 Å². The van der Waals surface area contributed by atoms with E-state index in [1.54, 1.807) is 0 Å². The van der Waals surface area contributed by atoms with Crippen LogP contribution in [-0.2, 0) is 6.54 Å². The molecule has 1 aromatic heterocycles. The van der Waals surface area contributed by atoms with E-state index in [-0.39, 0.29) is 5.54 Å². The minimum atomic E-state index is 0.0567. The molecule has 0 atom stereocenters. The molecular formula is C13H26N4O. The molecule has 0 aliphatic rings. The van der Waals surface area contributed by atoms with E-state index in [9.17, 15) is 0 Å². The van der Waals surface area contributed by atoms with Crippen LogP contribution in [0.4, 0.5) is 6.01 Å². The third-order valence-electron chi connectivity index (χ3n) is 2.48.